The van der Waals surface area contributed by atoms with Crippen LogP contribution in [0.2, 0.25) is 0 Å². The first kappa shape index (κ1) is 11.9. The van der Waals surface area contributed by atoms with E-state index in [-0.39, 0.29) is 0 Å². The molecule has 0 bridgehead atoms. The molecule has 0 amide bonds. The number of anilines is 2. The van der Waals surface area contributed by atoms with Crippen molar-refractivity contribution < 1.29 is 0 Å². The highest BCUT2D eigenvalue weighted by atomic mass is 32.1. The summed E-state index contributed by atoms with van der Waals surface area (Å²) in [4.78, 5) is 9.72. The lowest BCUT2D eigenvalue weighted by atomic mass is 10.1. The van der Waals surface area contributed by atoms with Crippen LogP contribution in [-0.4, -0.2) is 9.97 Å². The van der Waals surface area contributed by atoms with Crippen LogP contribution in [-0.2, 0) is 6.54 Å². The minimum atomic E-state index is 0.738. The Balaban J connectivity index is 1.87. The number of nitrogen functional groups attached to an aromatic ring is 1. The van der Waals surface area contributed by atoms with Gasteiger partial charge in [0.2, 0.25) is 0 Å². The quantitative estimate of drug-likeness (QED) is 0.717. The Bertz CT molecular complexity index is 720. The van der Waals surface area contributed by atoms with E-state index in [4.69, 9.17) is 5.73 Å². The highest BCUT2D eigenvalue weighted by Gasteiger charge is 2.05. The minimum absolute atomic E-state index is 0.738. The summed E-state index contributed by atoms with van der Waals surface area (Å²) in [5, 5.41) is 5.41. The molecular formula is C14H14N4S. The molecule has 3 rings (SSSR count). The third-order valence-electron chi connectivity index (χ3n) is 2.95. The van der Waals surface area contributed by atoms with Gasteiger partial charge in [0.1, 0.15) is 0 Å². The number of rotatable bonds is 3. The van der Waals surface area contributed by atoms with Gasteiger partial charge < -0.3 is 11.1 Å². The van der Waals surface area contributed by atoms with Gasteiger partial charge >= 0.3 is 0 Å². The maximum atomic E-state index is 6.17. The average Bonchev–Trinajstić information content (AvgIpc) is 2.84. The van der Waals surface area contributed by atoms with E-state index in [2.05, 4.69) is 15.3 Å². The van der Waals surface area contributed by atoms with E-state index >= 15 is 0 Å². The van der Waals surface area contributed by atoms with Crippen molar-refractivity contribution in [3.63, 3.8) is 0 Å². The Morgan fingerprint density at radius 1 is 1.26 bits per heavy atom. The van der Waals surface area contributed by atoms with Gasteiger partial charge in [-0.25, -0.2) is 4.98 Å². The van der Waals surface area contributed by atoms with Crippen molar-refractivity contribution in [1.82, 2.24) is 9.97 Å². The fourth-order valence-corrected chi connectivity index (χ4v) is 2.73. The van der Waals surface area contributed by atoms with E-state index < -0.39 is 0 Å². The minimum Gasteiger partial charge on any atom is -0.397 e. The molecule has 0 fully saturated rings. The Kier molecular flexibility index (Phi) is 3.05. The third kappa shape index (κ3) is 2.37. The molecule has 3 N–H and O–H groups in total. The van der Waals surface area contributed by atoms with Crippen LogP contribution in [0.1, 0.15) is 9.88 Å². The lowest BCUT2D eigenvalue weighted by molar-refractivity contribution is 1.17. The molecule has 0 aliphatic heterocycles. The summed E-state index contributed by atoms with van der Waals surface area (Å²) < 4.78 is 0. The number of hydrogen-bond donors (Lipinski definition) is 2. The van der Waals surface area contributed by atoms with Crippen molar-refractivity contribution in [3.8, 4) is 0 Å². The van der Waals surface area contributed by atoms with Crippen LogP contribution >= 0.6 is 11.3 Å². The van der Waals surface area contributed by atoms with Gasteiger partial charge in [-0.15, -0.1) is 11.3 Å². The fraction of sp³-hybridized carbons (Fsp3) is 0.143. The van der Waals surface area contributed by atoms with Crippen LogP contribution < -0.4 is 11.1 Å². The summed E-state index contributed by atoms with van der Waals surface area (Å²) in [5.74, 6) is 0. The Morgan fingerprint density at radius 2 is 2.16 bits per heavy atom. The van der Waals surface area contributed by atoms with Crippen LogP contribution in [0.4, 0.5) is 11.4 Å². The maximum Gasteiger partial charge on any atom is 0.0897 e. The van der Waals surface area contributed by atoms with Crippen molar-refractivity contribution >= 4 is 33.6 Å². The molecule has 2 aromatic heterocycles. The second-order valence-corrected chi connectivity index (χ2v) is 5.62. The fourth-order valence-electron chi connectivity index (χ4n) is 2.00. The van der Waals surface area contributed by atoms with Crippen molar-refractivity contribution in [2.75, 3.05) is 11.1 Å². The van der Waals surface area contributed by atoms with E-state index in [1.807, 2.05) is 37.4 Å². The first-order valence-electron chi connectivity index (χ1n) is 6.02. The predicted octanol–water partition coefficient (Wildman–Crippen LogP) is 3.19. The molecule has 96 valence electrons. The van der Waals surface area contributed by atoms with Crippen molar-refractivity contribution in [2.45, 2.75) is 13.5 Å². The zero-order valence-electron chi connectivity index (χ0n) is 10.6. The van der Waals surface area contributed by atoms with Gasteiger partial charge in [-0.2, -0.15) is 0 Å². The standard InChI is InChI=1S/C14H14N4S/c1-9-17-7-10(19-9)8-18-13-5-4-12-11(14(13)15)3-2-6-16-12/h2-7,18H,8,15H2,1H3. The summed E-state index contributed by atoms with van der Waals surface area (Å²) in [5.41, 5.74) is 8.77. The number of benzene rings is 1. The van der Waals surface area contributed by atoms with Crippen LogP contribution in [0, 0.1) is 6.92 Å². The molecule has 2 heterocycles. The molecule has 0 unspecified atom stereocenters. The van der Waals surface area contributed by atoms with Crippen LogP contribution in [0.3, 0.4) is 0 Å². The summed E-state index contributed by atoms with van der Waals surface area (Å²) in [6.45, 7) is 2.74. The van der Waals surface area contributed by atoms with Crippen molar-refractivity contribution in [2.24, 2.45) is 0 Å². The van der Waals surface area contributed by atoms with Crippen molar-refractivity contribution in [1.29, 1.82) is 0 Å². The number of pyridine rings is 1. The molecule has 5 heteroatoms. The topological polar surface area (TPSA) is 63.8 Å². The largest absolute Gasteiger partial charge is 0.397 e. The monoisotopic (exact) mass is 270 g/mol. The van der Waals surface area contributed by atoms with Crippen LogP contribution in [0.25, 0.3) is 10.9 Å². The van der Waals surface area contributed by atoms with Crippen molar-refractivity contribution in [3.05, 3.63) is 46.5 Å². The van der Waals surface area contributed by atoms with Crippen LogP contribution in [0.5, 0.6) is 0 Å². The first-order chi connectivity index (χ1) is 9.24. The number of nitrogens with one attached hydrogen (secondary N) is 1. The number of aryl methyl sites for hydroxylation is 1. The zero-order chi connectivity index (χ0) is 13.2. The molecule has 1 aromatic carbocycles. The van der Waals surface area contributed by atoms with Gasteiger partial charge in [0.25, 0.3) is 0 Å². The zero-order valence-corrected chi connectivity index (χ0v) is 11.4. The molecule has 4 nitrogen and oxygen atoms in total. The van der Waals surface area contributed by atoms with Gasteiger partial charge in [-0.05, 0) is 31.2 Å². The van der Waals surface area contributed by atoms with Crippen LogP contribution in [0.15, 0.2) is 36.7 Å². The van der Waals surface area contributed by atoms with E-state index in [1.165, 1.54) is 4.88 Å². The lowest BCUT2D eigenvalue weighted by Crippen LogP contribution is -2.02. The SMILES string of the molecule is Cc1ncc(CNc2ccc3ncccc3c2N)s1. The van der Waals surface area contributed by atoms with Gasteiger partial charge in [0.05, 0.1) is 28.4 Å². The van der Waals surface area contributed by atoms with E-state index in [9.17, 15) is 0 Å². The molecule has 0 atom stereocenters. The van der Waals surface area contributed by atoms with Gasteiger partial charge in [0, 0.05) is 22.7 Å². The predicted molar refractivity (Wildman–Crippen MR) is 80.3 cm³/mol. The lowest BCUT2D eigenvalue weighted by Gasteiger charge is -2.10. The van der Waals surface area contributed by atoms with E-state index in [0.29, 0.717) is 0 Å². The summed E-state index contributed by atoms with van der Waals surface area (Å²) in [7, 11) is 0. The summed E-state index contributed by atoms with van der Waals surface area (Å²) in [6, 6.07) is 7.83. The molecule has 3 aromatic rings. The number of nitrogens with two attached hydrogens (primary N) is 1. The Hall–Kier alpha value is -2.14. The van der Waals surface area contributed by atoms with E-state index in [1.54, 1.807) is 17.5 Å². The first-order valence-corrected chi connectivity index (χ1v) is 6.84. The third-order valence-corrected chi connectivity index (χ3v) is 3.86. The molecule has 0 aliphatic carbocycles. The van der Waals surface area contributed by atoms with Gasteiger partial charge in [0.15, 0.2) is 0 Å². The molecule has 0 spiro atoms. The Labute approximate surface area is 115 Å². The second-order valence-electron chi connectivity index (χ2n) is 4.30. The number of aromatic nitrogens is 2. The molecule has 19 heavy (non-hydrogen) atoms. The number of nitrogens with zero attached hydrogens (tertiary/aromatic N) is 2. The van der Waals surface area contributed by atoms with Gasteiger partial charge in [-0.1, -0.05) is 0 Å². The average molecular weight is 270 g/mol. The highest BCUT2D eigenvalue weighted by molar-refractivity contribution is 7.11. The highest BCUT2D eigenvalue weighted by Crippen LogP contribution is 2.28. The van der Waals surface area contributed by atoms with E-state index in [0.717, 1.165) is 33.8 Å². The maximum absolute atomic E-state index is 6.17. The smallest absolute Gasteiger partial charge is 0.0897 e. The molecule has 0 saturated heterocycles. The molecule has 0 aliphatic rings. The normalized spacial score (nSPS) is 10.8. The summed E-state index contributed by atoms with van der Waals surface area (Å²) >= 11 is 1.69. The molecule has 0 radical (unpaired) electrons. The summed E-state index contributed by atoms with van der Waals surface area (Å²) in [6.07, 6.45) is 3.67. The second kappa shape index (κ2) is 4.85. The number of thiazole rings is 1. The van der Waals surface area contributed by atoms with Gasteiger partial charge in [-0.3, -0.25) is 4.98 Å². The number of fused-ring (bicyclic) bond motifs is 1. The Morgan fingerprint density at radius 3 is 2.95 bits per heavy atom. The molecular weight excluding hydrogens is 256 g/mol. The number of hydrogen-bond acceptors (Lipinski definition) is 5. The molecule has 0 saturated carbocycles.